The number of halogens is 1. The van der Waals surface area contributed by atoms with Gasteiger partial charge in [0.1, 0.15) is 6.29 Å². The summed E-state index contributed by atoms with van der Waals surface area (Å²) in [4.78, 5) is 12.9. The molecule has 0 amide bonds. The summed E-state index contributed by atoms with van der Waals surface area (Å²) in [6, 6.07) is 5.85. The first-order chi connectivity index (χ1) is 7.24. The maximum atomic E-state index is 10.8. The Labute approximate surface area is 94.8 Å². The number of rotatable bonds is 2. The molecule has 1 unspecified atom stereocenters. The number of carbonyl (C=O) groups excluding carboxylic acids is 1. The zero-order valence-electron chi connectivity index (χ0n) is 8.74. The van der Waals surface area contributed by atoms with E-state index in [9.17, 15) is 4.79 Å². The van der Waals surface area contributed by atoms with Gasteiger partial charge in [-0.25, -0.2) is 0 Å². The summed E-state index contributed by atoms with van der Waals surface area (Å²) in [5.41, 5.74) is 2.30. The van der Waals surface area contributed by atoms with Crippen LogP contribution in [-0.2, 0) is 11.2 Å². The maximum Gasteiger partial charge on any atom is 0.142 e. The standard InChI is InChI=1S/C12H14ClNO/c1-9(8-15)14-7-3-5-10-4-2-6-11(13)12(10)14/h2,4,6,8-9H,3,5,7H2,1H3. The van der Waals surface area contributed by atoms with E-state index in [-0.39, 0.29) is 6.04 Å². The number of nitrogens with zero attached hydrogens (tertiary/aromatic N) is 1. The van der Waals surface area contributed by atoms with E-state index in [4.69, 9.17) is 11.6 Å². The molecule has 0 bridgehead atoms. The van der Waals surface area contributed by atoms with Gasteiger partial charge in [-0.05, 0) is 31.4 Å². The number of benzene rings is 1. The minimum atomic E-state index is -0.0936. The summed E-state index contributed by atoms with van der Waals surface area (Å²) < 4.78 is 0. The zero-order valence-corrected chi connectivity index (χ0v) is 9.50. The second-order valence-electron chi connectivity index (χ2n) is 3.92. The quantitative estimate of drug-likeness (QED) is 0.719. The van der Waals surface area contributed by atoms with Gasteiger partial charge < -0.3 is 9.69 Å². The summed E-state index contributed by atoms with van der Waals surface area (Å²) >= 11 is 6.18. The number of fused-ring (bicyclic) bond motifs is 1. The van der Waals surface area contributed by atoms with Crippen LogP contribution in [-0.4, -0.2) is 18.9 Å². The fourth-order valence-corrected chi connectivity index (χ4v) is 2.42. The van der Waals surface area contributed by atoms with Crippen LogP contribution in [0.15, 0.2) is 18.2 Å². The van der Waals surface area contributed by atoms with Gasteiger partial charge in [-0.3, -0.25) is 0 Å². The van der Waals surface area contributed by atoms with E-state index >= 15 is 0 Å². The Morgan fingerprint density at radius 2 is 2.33 bits per heavy atom. The molecular weight excluding hydrogens is 210 g/mol. The molecule has 0 radical (unpaired) electrons. The van der Waals surface area contributed by atoms with Crippen molar-refractivity contribution in [3.05, 3.63) is 28.8 Å². The van der Waals surface area contributed by atoms with Crippen molar-refractivity contribution in [1.29, 1.82) is 0 Å². The highest BCUT2D eigenvalue weighted by atomic mass is 35.5. The minimum absolute atomic E-state index is 0.0936. The number of para-hydroxylation sites is 1. The van der Waals surface area contributed by atoms with Crippen LogP contribution < -0.4 is 4.90 Å². The molecule has 2 rings (SSSR count). The summed E-state index contributed by atoms with van der Waals surface area (Å²) in [6.07, 6.45) is 3.11. The van der Waals surface area contributed by atoms with Crippen molar-refractivity contribution in [2.45, 2.75) is 25.8 Å². The van der Waals surface area contributed by atoms with E-state index in [1.54, 1.807) is 0 Å². The molecule has 80 valence electrons. The molecular formula is C12H14ClNO. The van der Waals surface area contributed by atoms with Gasteiger partial charge in [-0.15, -0.1) is 0 Å². The van der Waals surface area contributed by atoms with Gasteiger partial charge in [0.05, 0.1) is 16.8 Å². The third kappa shape index (κ3) is 1.86. The molecule has 1 atom stereocenters. The van der Waals surface area contributed by atoms with Gasteiger partial charge in [0.25, 0.3) is 0 Å². The van der Waals surface area contributed by atoms with Gasteiger partial charge in [0.2, 0.25) is 0 Å². The fraction of sp³-hybridized carbons (Fsp3) is 0.417. The van der Waals surface area contributed by atoms with Gasteiger partial charge in [-0.2, -0.15) is 0 Å². The molecule has 0 N–H and O–H groups in total. The minimum Gasteiger partial charge on any atom is -0.361 e. The molecule has 3 heteroatoms. The largest absolute Gasteiger partial charge is 0.361 e. The predicted octanol–water partition coefficient (Wildman–Crippen LogP) is 2.68. The van der Waals surface area contributed by atoms with Crippen molar-refractivity contribution >= 4 is 23.6 Å². The highest BCUT2D eigenvalue weighted by molar-refractivity contribution is 6.33. The monoisotopic (exact) mass is 223 g/mol. The zero-order chi connectivity index (χ0) is 10.8. The lowest BCUT2D eigenvalue weighted by atomic mass is 10.0. The van der Waals surface area contributed by atoms with E-state index in [1.807, 2.05) is 19.1 Å². The Hall–Kier alpha value is -1.02. The number of aldehydes is 1. The summed E-state index contributed by atoms with van der Waals surface area (Å²) in [5, 5.41) is 0.751. The lowest BCUT2D eigenvalue weighted by Crippen LogP contribution is -2.38. The third-order valence-corrected chi connectivity index (χ3v) is 3.20. The van der Waals surface area contributed by atoms with Crippen LogP contribution in [0.1, 0.15) is 18.9 Å². The molecule has 1 heterocycles. The Morgan fingerprint density at radius 1 is 1.53 bits per heavy atom. The van der Waals surface area contributed by atoms with Crippen LogP contribution in [0.4, 0.5) is 5.69 Å². The SMILES string of the molecule is CC(C=O)N1CCCc2cccc(Cl)c21. The van der Waals surface area contributed by atoms with Crippen molar-refractivity contribution < 1.29 is 4.79 Å². The molecule has 0 aliphatic carbocycles. The Kier molecular flexibility index (Phi) is 2.96. The van der Waals surface area contributed by atoms with Crippen LogP contribution in [0.3, 0.4) is 0 Å². The van der Waals surface area contributed by atoms with Gasteiger partial charge in [-0.1, -0.05) is 23.7 Å². The number of aryl methyl sites for hydroxylation is 1. The molecule has 0 saturated carbocycles. The van der Waals surface area contributed by atoms with Crippen molar-refractivity contribution in [1.82, 2.24) is 0 Å². The average molecular weight is 224 g/mol. The van der Waals surface area contributed by atoms with Crippen LogP contribution in [0.5, 0.6) is 0 Å². The van der Waals surface area contributed by atoms with Crippen molar-refractivity contribution in [3.8, 4) is 0 Å². The number of carbonyl (C=O) groups is 1. The molecule has 1 aliphatic rings. The lowest BCUT2D eigenvalue weighted by molar-refractivity contribution is -0.108. The highest BCUT2D eigenvalue weighted by Crippen LogP contribution is 2.34. The Morgan fingerprint density at radius 3 is 3.07 bits per heavy atom. The lowest BCUT2D eigenvalue weighted by Gasteiger charge is -2.34. The second kappa shape index (κ2) is 4.23. The van der Waals surface area contributed by atoms with Crippen molar-refractivity contribution in [3.63, 3.8) is 0 Å². The van der Waals surface area contributed by atoms with Crippen LogP contribution in [0, 0.1) is 0 Å². The third-order valence-electron chi connectivity index (χ3n) is 2.89. The molecule has 15 heavy (non-hydrogen) atoms. The first-order valence-electron chi connectivity index (χ1n) is 5.23. The first-order valence-corrected chi connectivity index (χ1v) is 5.61. The Balaban J connectivity index is 2.45. The fourth-order valence-electron chi connectivity index (χ4n) is 2.12. The molecule has 0 spiro atoms. The summed E-state index contributed by atoms with van der Waals surface area (Å²) in [7, 11) is 0. The van der Waals surface area contributed by atoms with E-state index in [0.29, 0.717) is 0 Å². The molecule has 0 saturated heterocycles. The van der Waals surface area contributed by atoms with Gasteiger partial charge in [0, 0.05) is 6.54 Å². The maximum absolute atomic E-state index is 10.8. The van der Waals surface area contributed by atoms with E-state index in [1.165, 1.54) is 5.56 Å². The van der Waals surface area contributed by atoms with Crippen LogP contribution >= 0.6 is 11.6 Å². The predicted molar refractivity (Wildman–Crippen MR) is 62.6 cm³/mol. The summed E-state index contributed by atoms with van der Waals surface area (Å²) in [5.74, 6) is 0. The highest BCUT2D eigenvalue weighted by Gasteiger charge is 2.22. The van der Waals surface area contributed by atoms with Crippen molar-refractivity contribution in [2.75, 3.05) is 11.4 Å². The number of hydrogen-bond acceptors (Lipinski definition) is 2. The van der Waals surface area contributed by atoms with E-state index in [2.05, 4.69) is 11.0 Å². The van der Waals surface area contributed by atoms with E-state index < -0.39 is 0 Å². The molecule has 0 fully saturated rings. The average Bonchev–Trinajstić information content (AvgIpc) is 2.28. The van der Waals surface area contributed by atoms with Gasteiger partial charge in [0.15, 0.2) is 0 Å². The Bertz CT molecular complexity index is 378. The smallest absolute Gasteiger partial charge is 0.142 e. The van der Waals surface area contributed by atoms with E-state index in [0.717, 1.165) is 36.4 Å². The molecule has 0 aromatic heterocycles. The second-order valence-corrected chi connectivity index (χ2v) is 4.33. The van der Waals surface area contributed by atoms with Gasteiger partial charge >= 0.3 is 0 Å². The number of anilines is 1. The van der Waals surface area contributed by atoms with Crippen LogP contribution in [0.25, 0.3) is 0 Å². The molecule has 2 nitrogen and oxygen atoms in total. The van der Waals surface area contributed by atoms with Crippen LogP contribution in [0.2, 0.25) is 5.02 Å². The molecule has 1 aromatic rings. The number of hydrogen-bond donors (Lipinski definition) is 0. The normalized spacial score (nSPS) is 17.1. The topological polar surface area (TPSA) is 20.3 Å². The summed E-state index contributed by atoms with van der Waals surface area (Å²) in [6.45, 7) is 2.82. The molecule has 1 aromatic carbocycles. The molecule has 1 aliphatic heterocycles. The van der Waals surface area contributed by atoms with Crippen molar-refractivity contribution in [2.24, 2.45) is 0 Å². The first kappa shape index (κ1) is 10.5.